The summed E-state index contributed by atoms with van der Waals surface area (Å²) in [5.41, 5.74) is -0.469. The second-order valence-electron chi connectivity index (χ2n) is 3.15. The Balaban J connectivity index is 2.23. The lowest BCUT2D eigenvalue weighted by Gasteiger charge is -2.43. The highest BCUT2D eigenvalue weighted by molar-refractivity contribution is 4.98. The van der Waals surface area contributed by atoms with Crippen molar-refractivity contribution in [1.82, 2.24) is 5.32 Å². The normalized spacial score (nSPS) is 38.8. The molecule has 1 saturated carbocycles. The molecule has 0 aliphatic heterocycles. The summed E-state index contributed by atoms with van der Waals surface area (Å²) in [6.45, 7) is 6.26. The summed E-state index contributed by atoms with van der Waals surface area (Å²) in [5, 5.41) is 12.7. The molecule has 0 aromatic heterocycles. The predicted octanol–water partition coefficient (Wildman–Crippen LogP) is 0.675. The first kappa shape index (κ1) is 7.76. The third-order valence-electron chi connectivity index (χ3n) is 2.20. The van der Waals surface area contributed by atoms with E-state index in [0.717, 1.165) is 19.4 Å². The van der Waals surface area contributed by atoms with Crippen molar-refractivity contribution in [3.63, 3.8) is 0 Å². The standard InChI is InChI=1S/C8H15NO/c1-3-6-9-7-4-5-8(7,2)10/h3,7,9-10H,1,4-6H2,2H3/t7-,8-/m0/s1. The molecular formula is C8H15NO. The maximum absolute atomic E-state index is 9.50. The van der Waals surface area contributed by atoms with Crippen LogP contribution in [-0.2, 0) is 0 Å². The van der Waals surface area contributed by atoms with Crippen molar-refractivity contribution in [3.8, 4) is 0 Å². The van der Waals surface area contributed by atoms with E-state index in [-0.39, 0.29) is 6.04 Å². The van der Waals surface area contributed by atoms with Crippen LogP contribution in [0.4, 0.5) is 0 Å². The second kappa shape index (κ2) is 2.72. The Bertz CT molecular complexity index is 131. The largest absolute Gasteiger partial charge is 0.389 e. The quantitative estimate of drug-likeness (QED) is 0.566. The van der Waals surface area contributed by atoms with E-state index in [1.54, 1.807) is 0 Å². The first-order valence-electron chi connectivity index (χ1n) is 3.73. The first-order valence-corrected chi connectivity index (χ1v) is 3.73. The van der Waals surface area contributed by atoms with Crippen LogP contribution in [-0.4, -0.2) is 23.3 Å². The van der Waals surface area contributed by atoms with Gasteiger partial charge in [0, 0.05) is 12.6 Å². The van der Waals surface area contributed by atoms with Gasteiger partial charge in [-0.3, -0.25) is 0 Å². The van der Waals surface area contributed by atoms with Gasteiger partial charge in [-0.2, -0.15) is 0 Å². The van der Waals surface area contributed by atoms with Gasteiger partial charge in [-0.05, 0) is 19.8 Å². The average molecular weight is 141 g/mol. The fraction of sp³-hybridized carbons (Fsp3) is 0.750. The maximum Gasteiger partial charge on any atom is 0.0772 e. The number of nitrogens with one attached hydrogen (secondary N) is 1. The van der Waals surface area contributed by atoms with Gasteiger partial charge in [0.1, 0.15) is 0 Å². The highest BCUT2D eigenvalue weighted by Gasteiger charge is 2.39. The molecule has 0 spiro atoms. The molecule has 0 saturated heterocycles. The molecule has 0 amide bonds. The van der Waals surface area contributed by atoms with Crippen LogP contribution < -0.4 is 5.32 Å². The molecule has 0 radical (unpaired) electrons. The molecule has 2 nitrogen and oxygen atoms in total. The van der Waals surface area contributed by atoms with Gasteiger partial charge >= 0.3 is 0 Å². The third kappa shape index (κ3) is 1.39. The zero-order valence-electron chi connectivity index (χ0n) is 6.43. The maximum atomic E-state index is 9.50. The van der Waals surface area contributed by atoms with Crippen LogP contribution in [0.5, 0.6) is 0 Å². The van der Waals surface area contributed by atoms with Gasteiger partial charge in [-0.25, -0.2) is 0 Å². The van der Waals surface area contributed by atoms with E-state index in [2.05, 4.69) is 11.9 Å². The van der Waals surface area contributed by atoms with Crippen LogP contribution in [0.3, 0.4) is 0 Å². The van der Waals surface area contributed by atoms with E-state index in [9.17, 15) is 5.11 Å². The van der Waals surface area contributed by atoms with Crippen LogP contribution in [0, 0.1) is 0 Å². The second-order valence-corrected chi connectivity index (χ2v) is 3.15. The lowest BCUT2D eigenvalue weighted by molar-refractivity contribution is -0.0503. The Morgan fingerprint density at radius 2 is 2.60 bits per heavy atom. The minimum atomic E-state index is -0.469. The first-order chi connectivity index (χ1) is 4.67. The molecule has 0 aromatic carbocycles. The minimum absolute atomic E-state index is 0.283. The number of aliphatic hydroxyl groups is 1. The van der Waals surface area contributed by atoms with Crippen LogP contribution in [0.2, 0.25) is 0 Å². The van der Waals surface area contributed by atoms with E-state index >= 15 is 0 Å². The summed E-state index contributed by atoms with van der Waals surface area (Å²) in [5.74, 6) is 0. The third-order valence-corrected chi connectivity index (χ3v) is 2.20. The Morgan fingerprint density at radius 3 is 2.90 bits per heavy atom. The molecule has 1 aliphatic carbocycles. The Kier molecular flexibility index (Phi) is 2.11. The molecule has 1 rings (SSSR count). The topological polar surface area (TPSA) is 32.3 Å². The summed E-state index contributed by atoms with van der Waals surface area (Å²) >= 11 is 0. The monoisotopic (exact) mass is 141 g/mol. The molecule has 2 atom stereocenters. The van der Waals surface area contributed by atoms with E-state index in [0.29, 0.717) is 0 Å². The molecule has 0 heterocycles. The van der Waals surface area contributed by atoms with Crippen LogP contribution >= 0.6 is 0 Å². The van der Waals surface area contributed by atoms with Gasteiger partial charge in [0.25, 0.3) is 0 Å². The fourth-order valence-corrected chi connectivity index (χ4v) is 1.25. The summed E-state index contributed by atoms with van der Waals surface area (Å²) in [7, 11) is 0. The molecule has 0 bridgehead atoms. The minimum Gasteiger partial charge on any atom is -0.389 e. The highest BCUT2D eigenvalue weighted by atomic mass is 16.3. The van der Waals surface area contributed by atoms with E-state index < -0.39 is 5.60 Å². The van der Waals surface area contributed by atoms with Crippen molar-refractivity contribution in [2.45, 2.75) is 31.4 Å². The Morgan fingerprint density at radius 1 is 1.90 bits per heavy atom. The van der Waals surface area contributed by atoms with Gasteiger partial charge < -0.3 is 10.4 Å². The zero-order valence-corrected chi connectivity index (χ0v) is 6.43. The molecule has 1 aliphatic rings. The fourth-order valence-electron chi connectivity index (χ4n) is 1.25. The number of rotatable bonds is 3. The zero-order chi connectivity index (χ0) is 7.61. The van der Waals surface area contributed by atoms with Crippen molar-refractivity contribution >= 4 is 0 Å². The predicted molar refractivity (Wildman–Crippen MR) is 41.8 cm³/mol. The van der Waals surface area contributed by atoms with E-state index in [4.69, 9.17) is 0 Å². The molecule has 1 fully saturated rings. The number of hydrogen-bond acceptors (Lipinski definition) is 2. The van der Waals surface area contributed by atoms with Crippen molar-refractivity contribution in [2.24, 2.45) is 0 Å². The SMILES string of the molecule is C=CCN[C@H]1CC[C@]1(C)O. The summed E-state index contributed by atoms with van der Waals surface area (Å²) < 4.78 is 0. The molecular weight excluding hydrogens is 126 g/mol. The van der Waals surface area contributed by atoms with Crippen molar-refractivity contribution in [3.05, 3.63) is 12.7 Å². The molecule has 10 heavy (non-hydrogen) atoms. The molecule has 0 aromatic rings. The van der Waals surface area contributed by atoms with Gasteiger partial charge in [-0.15, -0.1) is 6.58 Å². The van der Waals surface area contributed by atoms with E-state index in [1.165, 1.54) is 0 Å². The molecule has 2 N–H and O–H groups in total. The van der Waals surface area contributed by atoms with E-state index in [1.807, 2.05) is 13.0 Å². The Labute approximate surface area is 61.9 Å². The Hall–Kier alpha value is -0.340. The van der Waals surface area contributed by atoms with Gasteiger partial charge in [0.05, 0.1) is 5.60 Å². The smallest absolute Gasteiger partial charge is 0.0772 e. The summed E-state index contributed by atoms with van der Waals surface area (Å²) in [6.07, 6.45) is 3.82. The van der Waals surface area contributed by atoms with Crippen LogP contribution in [0.1, 0.15) is 19.8 Å². The molecule has 0 unspecified atom stereocenters. The molecule has 2 heteroatoms. The average Bonchev–Trinajstić information content (AvgIpc) is 1.87. The van der Waals surface area contributed by atoms with Crippen LogP contribution in [0.25, 0.3) is 0 Å². The van der Waals surface area contributed by atoms with Crippen molar-refractivity contribution in [1.29, 1.82) is 0 Å². The van der Waals surface area contributed by atoms with Crippen molar-refractivity contribution in [2.75, 3.05) is 6.54 Å². The lowest BCUT2D eigenvalue weighted by atomic mass is 9.76. The van der Waals surface area contributed by atoms with Crippen LogP contribution in [0.15, 0.2) is 12.7 Å². The van der Waals surface area contributed by atoms with Gasteiger partial charge in [0.2, 0.25) is 0 Å². The summed E-state index contributed by atoms with van der Waals surface area (Å²) in [4.78, 5) is 0. The lowest BCUT2D eigenvalue weighted by Crippen LogP contribution is -2.56. The number of hydrogen-bond donors (Lipinski definition) is 2. The van der Waals surface area contributed by atoms with Gasteiger partial charge in [0.15, 0.2) is 0 Å². The summed E-state index contributed by atoms with van der Waals surface area (Å²) in [6, 6.07) is 0.283. The van der Waals surface area contributed by atoms with Crippen molar-refractivity contribution < 1.29 is 5.11 Å². The highest BCUT2D eigenvalue weighted by Crippen LogP contribution is 2.31. The van der Waals surface area contributed by atoms with Gasteiger partial charge in [-0.1, -0.05) is 6.08 Å². The molecule has 58 valence electrons.